The minimum Gasteiger partial charge on any atom is -0.396 e. The molecule has 1 N–H and O–H groups in total. The lowest BCUT2D eigenvalue weighted by Gasteiger charge is -2.23. The van der Waals surface area contributed by atoms with Gasteiger partial charge in [-0.2, -0.15) is 0 Å². The molecule has 1 amide bonds. The van der Waals surface area contributed by atoms with Crippen LogP contribution >= 0.6 is 0 Å². The third kappa shape index (κ3) is 3.60. The van der Waals surface area contributed by atoms with E-state index >= 15 is 0 Å². The molecule has 1 saturated heterocycles. The fourth-order valence-electron chi connectivity index (χ4n) is 2.79. The minimum absolute atomic E-state index is 0.000278. The Morgan fingerprint density at radius 1 is 1.38 bits per heavy atom. The number of aromatic nitrogens is 2. The lowest BCUT2D eigenvalue weighted by molar-refractivity contribution is 0.0728. The summed E-state index contributed by atoms with van der Waals surface area (Å²) in [6.07, 6.45) is 1.59. The maximum absolute atomic E-state index is 13.0. The first-order chi connectivity index (χ1) is 11.7. The summed E-state index contributed by atoms with van der Waals surface area (Å²) in [5, 5.41) is 9.41. The lowest BCUT2D eigenvalue weighted by Crippen LogP contribution is -2.37. The highest BCUT2D eigenvalue weighted by atomic mass is 16.5. The number of aliphatic hydroxyl groups is 1. The summed E-state index contributed by atoms with van der Waals surface area (Å²) in [7, 11) is 0. The van der Waals surface area contributed by atoms with Crippen LogP contribution in [0.1, 0.15) is 16.2 Å². The van der Waals surface area contributed by atoms with Crippen molar-refractivity contribution in [2.45, 2.75) is 6.92 Å². The highest BCUT2D eigenvalue weighted by Gasteiger charge is 2.25. The van der Waals surface area contributed by atoms with Gasteiger partial charge in [0.05, 0.1) is 24.5 Å². The second kappa shape index (κ2) is 7.51. The number of carbonyl (C=O) groups excluding carboxylic acids is 1. The van der Waals surface area contributed by atoms with Crippen LogP contribution in [0, 0.1) is 12.8 Å². The Kier molecular flexibility index (Phi) is 5.17. The molecule has 2 aromatic rings. The van der Waals surface area contributed by atoms with Gasteiger partial charge in [-0.05, 0) is 6.92 Å². The van der Waals surface area contributed by atoms with Crippen molar-refractivity contribution in [1.82, 2.24) is 14.9 Å². The molecule has 0 aliphatic carbocycles. The average Bonchev–Trinajstić information content (AvgIpc) is 2.87. The molecule has 1 aliphatic heterocycles. The number of benzene rings is 1. The Bertz CT molecular complexity index is 706. The van der Waals surface area contributed by atoms with Gasteiger partial charge in [0.15, 0.2) is 0 Å². The van der Waals surface area contributed by atoms with Crippen LogP contribution in [0.15, 0.2) is 36.5 Å². The van der Waals surface area contributed by atoms with Crippen LogP contribution in [-0.2, 0) is 4.74 Å². The third-order valence-corrected chi connectivity index (χ3v) is 4.07. The van der Waals surface area contributed by atoms with E-state index in [0.717, 1.165) is 5.56 Å². The fourth-order valence-corrected chi connectivity index (χ4v) is 2.79. The molecule has 126 valence electrons. The van der Waals surface area contributed by atoms with Crippen LogP contribution in [0.4, 0.5) is 0 Å². The van der Waals surface area contributed by atoms with Gasteiger partial charge in [0.1, 0.15) is 5.82 Å². The summed E-state index contributed by atoms with van der Waals surface area (Å²) in [5.74, 6) is 0.429. The van der Waals surface area contributed by atoms with Crippen LogP contribution in [0.25, 0.3) is 11.3 Å². The number of carbonyl (C=O) groups is 1. The predicted molar refractivity (Wildman–Crippen MR) is 89.5 cm³/mol. The third-order valence-electron chi connectivity index (χ3n) is 4.07. The van der Waals surface area contributed by atoms with Crippen LogP contribution in [0.3, 0.4) is 0 Å². The van der Waals surface area contributed by atoms with Crippen molar-refractivity contribution in [2.24, 2.45) is 5.92 Å². The van der Waals surface area contributed by atoms with E-state index in [9.17, 15) is 9.90 Å². The SMILES string of the molecule is Cc1ncc(C(=O)N2CCOC[C@H](CO)C2)c(-c2ccccc2)n1. The Labute approximate surface area is 141 Å². The van der Waals surface area contributed by atoms with Gasteiger partial charge < -0.3 is 14.7 Å². The molecular formula is C18H21N3O3. The molecule has 0 spiro atoms. The van der Waals surface area contributed by atoms with E-state index in [1.807, 2.05) is 37.3 Å². The van der Waals surface area contributed by atoms with E-state index in [1.165, 1.54) is 0 Å². The summed E-state index contributed by atoms with van der Waals surface area (Å²) >= 11 is 0. The van der Waals surface area contributed by atoms with Gasteiger partial charge in [0.2, 0.25) is 0 Å². The molecule has 0 saturated carbocycles. The fraction of sp³-hybridized carbons (Fsp3) is 0.389. The quantitative estimate of drug-likeness (QED) is 0.925. The Balaban J connectivity index is 1.95. The first-order valence-corrected chi connectivity index (χ1v) is 8.06. The molecule has 1 atom stereocenters. The lowest BCUT2D eigenvalue weighted by atomic mass is 10.1. The van der Waals surface area contributed by atoms with E-state index in [1.54, 1.807) is 11.1 Å². The molecule has 0 unspecified atom stereocenters. The molecule has 1 aromatic heterocycles. The molecule has 1 aromatic carbocycles. The van der Waals surface area contributed by atoms with Crippen molar-refractivity contribution in [3.63, 3.8) is 0 Å². The average molecular weight is 327 g/mol. The minimum atomic E-state index is -0.127. The van der Waals surface area contributed by atoms with E-state index in [2.05, 4.69) is 9.97 Å². The number of nitrogens with zero attached hydrogens (tertiary/aromatic N) is 3. The maximum atomic E-state index is 13.0. The Morgan fingerprint density at radius 2 is 2.17 bits per heavy atom. The zero-order chi connectivity index (χ0) is 16.9. The van der Waals surface area contributed by atoms with E-state index in [-0.39, 0.29) is 18.4 Å². The summed E-state index contributed by atoms with van der Waals surface area (Å²) in [5.41, 5.74) is 2.00. The van der Waals surface area contributed by atoms with Gasteiger partial charge in [0, 0.05) is 37.4 Å². The summed E-state index contributed by atoms with van der Waals surface area (Å²) in [6, 6.07) is 9.63. The van der Waals surface area contributed by atoms with E-state index in [0.29, 0.717) is 43.4 Å². The zero-order valence-electron chi connectivity index (χ0n) is 13.7. The Morgan fingerprint density at radius 3 is 2.92 bits per heavy atom. The number of ether oxygens (including phenoxy) is 1. The molecular weight excluding hydrogens is 306 g/mol. The molecule has 0 bridgehead atoms. The summed E-state index contributed by atoms with van der Waals surface area (Å²) < 4.78 is 5.46. The predicted octanol–water partition coefficient (Wildman–Crippen LogP) is 1.53. The van der Waals surface area contributed by atoms with Gasteiger partial charge in [0.25, 0.3) is 5.91 Å². The van der Waals surface area contributed by atoms with Crippen molar-refractivity contribution >= 4 is 5.91 Å². The smallest absolute Gasteiger partial charge is 0.257 e. The number of hydrogen-bond acceptors (Lipinski definition) is 5. The Hall–Kier alpha value is -2.31. The van der Waals surface area contributed by atoms with Crippen molar-refractivity contribution in [3.05, 3.63) is 47.9 Å². The van der Waals surface area contributed by atoms with Crippen LogP contribution in [-0.4, -0.2) is 58.8 Å². The molecule has 1 aliphatic rings. The number of hydrogen-bond donors (Lipinski definition) is 1. The van der Waals surface area contributed by atoms with Crippen molar-refractivity contribution in [3.8, 4) is 11.3 Å². The normalized spacial score (nSPS) is 18.2. The van der Waals surface area contributed by atoms with Gasteiger partial charge in [-0.1, -0.05) is 30.3 Å². The van der Waals surface area contributed by atoms with Gasteiger partial charge in [-0.15, -0.1) is 0 Å². The topological polar surface area (TPSA) is 75.6 Å². The molecule has 3 rings (SSSR count). The highest BCUT2D eigenvalue weighted by molar-refractivity contribution is 5.99. The largest absolute Gasteiger partial charge is 0.396 e. The second-order valence-corrected chi connectivity index (χ2v) is 5.92. The van der Waals surface area contributed by atoms with Crippen molar-refractivity contribution in [2.75, 3.05) is 32.9 Å². The first kappa shape index (κ1) is 16.5. The molecule has 6 nitrogen and oxygen atoms in total. The molecule has 2 heterocycles. The van der Waals surface area contributed by atoms with Crippen LogP contribution in [0.2, 0.25) is 0 Å². The maximum Gasteiger partial charge on any atom is 0.257 e. The van der Waals surface area contributed by atoms with Crippen molar-refractivity contribution < 1.29 is 14.6 Å². The standard InChI is InChI=1S/C18H21N3O3/c1-13-19-9-16(17(20-13)15-5-3-2-4-6-15)18(23)21-7-8-24-12-14(10-21)11-22/h2-6,9,14,22H,7-8,10-12H2,1H3/t14-/m0/s1. The van der Waals surface area contributed by atoms with Crippen LogP contribution < -0.4 is 0 Å². The molecule has 1 fully saturated rings. The van der Waals surface area contributed by atoms with Crippen LogP contribution in [0.5, 0.6) is 0 Å². The van der Waals surface area contributed by atoms with E-state index < -0.39 is 0 Å². The zero-order valence-corrected chi connectivity index (χ0v) is 13.7. The number of aliphatic hydroxyl groups excluding tert-OH is 1. The van der Waals surface area contributed by atoms with E-state index in [4.69, 9.17) is 4.74 Å². The molecule has 24 heavy (non-hydrogen) atoms. The molecule has 6 heteroatoms. The molecule has 0 radical (unpaired) electrons. The van der Waals surface area contributed by atoms with Gasteiger partial charge in [-0.25, -0.2) is 9.97 Å². The highest BCUT2D eigenvalue weighted by Crippen LogP contribution is 2.23. The summed E-state index contributed by atoms with van der Waals surface area (Å²) in [6.45, 7) is 3.71. The monoisotopic (exact) mass is 327 g/mol. The van der Waals surface area contributed by atoms with Crippen molar-refractivity contribution in [1.29, 1.82) is 0 Å². The first-order valence-electron chi connectivity index (χ1n) is 8.06. The number of aryl methyl sites for hydroxylation is 1. The number of amides is 1. The summed E-state index contributed by atoms with van der Waals surface area (Å²) in [4.78, 5) is 23.4. The second-order valence-electron chi connectivity index (χ2n) is 5.92. The number of rotatable bonds is 3. The van der Waals surface area contributed by atoms with Gasteiger partial charge >= 0.3 is 0 Å². The van der Waals surface area contributed by atoms with Gasteiger partial charge in [-0.3, -0.25) is 4.79 Å².